The van der Waals surface area contributed by atoms with Gasteiger partial charge in [-0.05, 0) is 12.8 Å². The van der Waals surface area contributed by atoms with Gasteiger partial charge in [-0.15, -0.1) is 6.58 Å². The monoisotopic (exact) mass is 257 g/mol. The van der Waals surface area contributed by atoms with Gasteiger partial charge in [-0.25, -0.2) is 0 Å². The van der Waals surface area contributed by atoms with Crippen LogP contribution in [0.5, 0.6) is 0 Å². The molecule has 3 rings (SSSR count). The van der Waals surface area contributed by atoms with Gasteiger partial charge in [-0.1, -0.05) is 43.3 Å². The zero-order valence-corrected chi connectivity index (χ0v) is 11.2. The molecule has 0 unspecified atom stereocenters. The molecule has 0 aromatic heterocycles. The molecule has 19 heavy (non-hydrogen) atoms. The van der Waals surface area contributed by atoms with E-state index in [0.29, 0.717) is 6.61 Å². The van der Waals surface area contributed by atoms with Gasteiger partial charge in [-0.2, -0.15) is 0 Å². The first-order valence-electron chi connectivity index (χ1n) is 6.76. The van der Waals surface area contributed by atoms with Gasteiger partial charge in [0.05, 0.1) is 18.1 Å². The standard InChI is InChI=1S/C16H19NO2/c1-3-9-16(2)10-13-11-19-14(17(13)15(16)18)12-7-5-4-6-8-12/h3-8,13-14H,1,9-11H2,2H3/t13-,14-,16-/m0/s1. The van der Waals surface area contributed by atoms with E-state index < -0.39 is 0 Å². The Kier molecular flexibility index (Phi) is 2.94. The highest BCUT2D eigenvalue weighted by atomic mass is 16.5. The highest BCUT2D eigenvalue weighted by molar-refractivity contribution is 5.85. The summed E-state index contributed by atoms with van der Waals surface area (Å²) in [6.07, 6.45) is 3.23. The maximum Gasteiger partial charge on any atom is 0.231 e. The van der Waals surface area contributed by atoms with Crippen LogP contribution in [0.15, 0.2) is 43.0 Å². The third-order valence-electron chi connectivity index (χ3n) is 4.21. The summed E-state index contributed by atoms with van der Waals surface area (Å²) in [5.74, 6) is 0.198. The minimum Gasteiger partial charge on any atom is -0.352 e. The van der Waals surface area contributed by atoms with Crippen molar-refractivity contribution in [3.8, 4) is 0 Å². The second-order valence-electron chi connectivity index (χ2n) is 5.72. The molecule has 100 valence electrons. The van der Waals surface area contributed by atoms with Crippen LogP contribution < -0.4 is 0 Å². The number of ether oxygens (including phenoxy) is 1. The first-order chi connectivity index (χ1) is 9.15. The zero-order chi connectivity index (χ0) is 13.5. The van der Waals surface area contributed by atoms with Gasteiger partial charge < -0.3 is 9.64 Å². The maximum atomic E-state index is 12.7. The van der Waals surface area contributed by atoms with E-state index in [0.717, 1.165) is 18.4 Å². The minimum absolute atomic E-state index is 0.198. The zero-order valence-electron chi connectivity index (χ0n) is 11.2. The van der Waals surface area contributed by atoms with E-state index in [-0.39, 0.29) is 23.6 Å². The third kappa shape index (κ3) is 1.89. The van der Waals surface area contributed by atoms with Crippen LogP contribution in [0.25, 0.3) is 0 Å². The van der Waals surface area contributed by atoms with Crippen molar-refractivity contribution >= 4 is 5.91 Å². The fourth-order valence-corrected chi connectivity index (χ4v) is 3.27. The van der Waals surface area contributed by atoms with Crippen molar-refractivity contribution in [1.29, 1.82) is 0 Å². The molecule has 2 fully saturated rings. The van der Waals surface area contributed by atoms with Crippen LogP contribution in [0.2, 0.25) is 0 Å². The molecular weight excluding hydrogens is 238 g/mol. The number of hydrogen-bond acceptors (Lipinski definition) is 2. The van der Waals surface area contributed by atoms with Crippen molar-refractivity contribution in [3.05, 3.63) is 48.6 Å². The second kappa shape index (κ2) is 4.49. The molecule has 1 aromatic rings. The first kappa shape index (κ1) is 12.4. The average molecular weight is 257 g/mol. The van der Waals surface area contributed by atoms with Crippen LogP contribution in [0.1, 0.15) is 31.6 Å². The van der Waals surface area contributed by atoms with Crippen LogP contribution in [0.4, 0.5) is 0 Å². The lowest BCUT2D eigenvalue weighted by atomic mass is 9.84. The van der Waals surface area contributed by atoms with Crippen molar-refractivity contribution in [2.24, 2.45) is 5.41 Å². The van der Waals surface area contributed by atoms with Crippen LogP contribution in [-0.2, 0) is 9.53 Å². The SMILES string of the molecule is C=CC[C@@]1(C)C[C@H]2CO[C@@H](c3ccccc3)N2C1=O. The van der Waals surface area contributed by atoms with Gasteiger partial charge >= 0.3 is 0 Å². The number of fused-ring (bicyclic) bond motifs is 1. The van der Waals surface area contributed by atoms with E-state index in [2.05, 4.69) is 6.58 Å². The highest BCUT2D eigenvalue weighted by Crippen LogP contribution is 2.46. The molecule has 1 aromatic carbocycles. The van der Waals surface area contributed by atoms with Gasteiger partial charge in [0.1, 0.15) is 0 Å². The van der Waals surface area contributed by atoms with Gasteiger partial charge in [0.15, 0.2) is 6.23 Å². The summed E-state index contributed by atoms with van der Waals surface area (Å²) in [5, 5.41) is 0. The number of carbonyl (C=O) groups excluding carboxylic acids is 1. The van der Waals surface area contributed by atoms with Crippen LogP contribution in [0.3, 0.4) is 0 Å². The topological polar surface area (TPSA) is 29.5 Å². The predicted molar refractivity (Wildman–Crippen MR) is 73.3 cm³/mol. The first-order valence-corrected chi connectivity index (χ1v) is 6.76. The minimum atomic E-state index is -0.302. The fourth-order valence-electron chi connectivity index (χ4n) is 3.27. The Bertz CT molecular complexity index is 499. The number of hydrogen-bond donors (Lipinski definition) is 0. The number of allylic oxidation sites excluding steroid dienone is 1. The number of amides is 1. The smallest absolute Gasteiger partial charge is 0.231 e. The lowest BCUT2D eigenvalue weighted by Gasteiger charge is -2.26. The molecule has 3 heteroatoms. The van der Waals surface area contributed by atoms with Gasteiger partial charge in [0.2, 0.25) is 5.91 Å². The number of benzene rings is 1. The Morgan fingerprint density at radius 1 is 1.47 bits per heavy atom. The van der Waals surface area contributed by atoms with Gasteiger partial charge in [-0.3, -0.25) is 4.79 Å². The highest BCUT2D eigenvalue weighted by Gasteiger charge is 2.53. The van der Waals surface area contributed by atoms with Crippen molar-refractivity contribution in [2.45, 2.75) is 32.0 Å². The third-order valence-corrected chi connectivity index (χ3v) is 4.21. The summed E-state index contributed by atoms with van der Waals surface area (Å²) in [6, 6.07) is 10.2. The van der Waals surface area contributed by atoms with E-state index >= 15 is 0 Å². The Morgan fingerprint density at radius 3 is 2.89 bits per heavy atom. The van der Waals surface area contributed by atoms with Crippen molar-refractivity contribution in [2.75, 3.05) is 6.61 Å². The van der Waals surface area contributed by atoms with E-state index in [1.165, 1.54) is 0 Å². The summed E-state index contributed by atoms with van der Waals surface area (Å²) in [4.78, 5) is 14.6. The molecule has 1 amide bonds. The van der Waals surface area contributed by atoms with E-state index in [9.17, 15) is 4.79 Å². The Labute approximate surface area is 113 Å². The summed E-state index contributed by atoms with van der Waals surface area (Å²) < 4.78 is 5.83. The van der Waals surface area contributed by atoms with E-state index in [1.54, 1.807) is 0 Å². The molecule has 0 spiro atoms. The summed E-state index contributed by atoms with van der Waals surface area (Å²) in [6.45, 7) is 6.45. The van der Waals surface area contributed by atoms with Crippen molar-refractivity contribution in [3.63, 3.8) is 0 Å². The normalized spacial score (nSPS) is 33.5. The molecule has 0 N–H and O–H groups in total. The predicted octanol–water partition coefficient (Wildman–Crippen LogP) is 2.90. The quantitative estimate of drug-likeness (QED) is 0.779. The molecule has 3 nitrogen and oxygen atoms in total. The van der Waals surface area contributed by atoms with Crippen molar-refractivity contribution in [1.82, 2.24) is 4.90 Å². The summed E-state index contributed by atoms with van der Waals surface area (Å²) in [5.41, 5.74) is 0.754. The molecule has 2 saturated heterocycles. The average Bonchev–Trinajstić information content (AvgIpc) is 2.91. The lowest BCUT2D eigenvalue weighted by molar-refractivity contribution is -0.141. The van der Waals surface area contributed by atoms with Gasteiger partial charge in [0, 0.05) is 5.56 Å². The molecule has 2 aliphatic rings. The van der Waals surface area contributed by atoms with E-state index in [1.807, 2.05) is 48.2 Å². The van der Waals surface area contributed by atoms with Crippen molar-refractivity contribution < 1.29 is 9.53 Å². The number of nitrogens with zero attached hydrogens (tertiary/aromatic N) is 1. The maximum absolute atomic E-state index is 12.7. The number of rotatable bonds is 3. The molecule has 2 heterocycles. The Morgan fingerprint density at radius 2 is 2.21 bits per heavy atom. The molecule has 0 saturated carbocycles. The molecule has 3 atom stereocenters. The molecule has 0 bridgehead atoms. The Hall–Kier alpha value is -1.61. The van der Waals surface area contributed by atoms with Crippen LogP contribution in [0, 0.1) is 5.41 Å². The largest absolute Gasteiger partial charge is 0.352 e. The molecule has 2 aliphatic heterocycles. The summed E-state index contributed by atoms with van der Waals surface area (Å²) in [7, 11) is 0. The lowest BCUT2D eigenvalue weighted by Crippen LogP contribution is -2.35. The second-order valence-corrected chi connectivity index (χ2v) is 5.72. The Balaban J connectivity index is 1.89. The van der Waals surface area contributed by atoms with Gasteiger partial charge in [0.25, 0.3) is 0 Å². The summed E-state index contributed by atoms with van der Waals surface area (Å²) >= 11 is 0. The van der Waals surface area contributed by atoms with E-state index in [4.69, 9.17) is 4.74 Å². The molecule has 0 radical (unpaired) electrons. The fraction of sp³-hybridized carbons (Fsp3) is 0.438. The molecular formula is C16H19NO2. The van der Waals surface area contributed by atoms with Crippen LogP contribution in [-0.4, -0.2) is 23.5 Å². The number of carbonyl (C=O) groups is 1. The van der Waals surface area contributed by atoms with Crippen LogP contribution >= 0.6 is 0 Å². The molecule has 0 aliphatic carbocycles.